The molecular weight excluding hydrogens is 128 g/mol. The van der Waals surface area contributed by atoms with Crippen LogP contribution in [-0.4, -0.2) is 15.8 Å². The molecule has 1 heterocycles. The molecule has 0 aliphatic carbocycles. The first-order valence-corrected chi connectivity index (χ1v) is 2.83. The van der Waals surface area contributed by atoms with Crippen LogP contribution in [-0.2, 0) is 0 Å². The van der Waals surface area contributed by atoms with Crippen molar-refractivity contribution in [2.24, 2.45) is 5.73 Å². The second kappa shape index (κ2) is 2.43. The Labute approximate surface area is 58.6 Å². The van der Waals surface area contributed by atoms with Crippen molar-refractivity contribution in [2.75, 3.05) is 0 Å². The van der Waals surface area contributed by atoms with Crippen molar-refractivity contribution in [3.63, 3.8) is 0 Å². The Morgan fingerprint density at radius 2 is 2.30 bits per heavy atom. The van der Waals surface area contributed by atoms with E-state index in [1.54, 1.807) is 6.07 Å². The first-order chi connectivity index (χ1) is 4.70. The summed E-state index contributed by atoms with van der Waals surface area (Å²) in [6, 6.07) is 1.67. The molecule has 0 aliphatic rings. The van der Waals surface area contributed by atoms with Crippen LogP contribution >= 0.6 is 0 Å². The number of nitrogens with two attached hydrogens (primary N) is 1. The van der Waals surface area contributed by atoms with Gasteiger partial charge in [-0.25, -0.2) is 9.97 Å². The SMILES string of the molecule is Cc1cc(C(=N)N)ncn1. The molecule has 0 aliphatic heterocycles. The Kier molecular flexibility index (Phi) is 1.62. The van der Waals surface area contributed by atoms with Crippen molar-refractivity contribution in [3.05, 3.63) is 23.8 Å². The lowest BCUT2D eigenvalue weighted by atomic mass is 10.3. The molecule has 1 rings (SSSR count). The van der Waals surface area contributed by atoms with Gasteiger partial charge in [0.1, 0.15) is 17.9 Å². The van der Waals surface area contributed by atoms with Gasteiger partial charge in [-0.05, 0) is 13.0 Å². The van der Waals surface area contributed by atoms with Crippen molar-refractivity contribution < 1.29 is 0 Å². The summed E-state index contributed by atoms with van der Waals surface area (Å²) < 4.78 is 0. The molecule has 10 heavy (non-hydrogen) atoms. The summed E-state index contributed by atoms with van der Waals surface area (Å²) in [6.45, 7) is 1.83. The molecule has 0 atom stereocenters. The van der Waals surface area contributed by atoms with Gasteiger partial charge in [-0.1, -0.05) is 0 Å². The number of nitrogen functional groups attached to an aromatic ring is 1. The highest BCUT2D eigenvalue weighted by Gasteiger charge is 1.95. The minimum Gasteiger partial charge on any atom is -0.382 e. The van der Waals surface area contributed by atoms with Crippen molar-refractivity contribution in [2.45, 2.75) is 6.92 Å². The Balaban J connectivity index is 3.07. The third kappa shape index (κ3) is 1.28. The van der Waals surface area contributed by atoms with E-state index < -0.39 is 0 Å². The number of hydrogen-bond acceptors (Lipinski definition) is 3. The first kappa shape index (κ1) is 6.67. The maximum atomic E-state index is 7.02. The van der Waals surface area contributed by atoms with Crippen LogP contribution in [0.5, 0.6) is 0 Å². The van der Waals surface area contributed by atoms with Crippen molar-refractivity contribution in [3.8, 4) is 0 Å². The molecule has 0 amide bonds. The summed E-state index contributed by atoms with van der Waals surface area (Å²) in [5.74, 6) is -0.0227. The maximum Gasteiger partial charge on any atom is 0.141 e. The van der Waals surface area contributed by atoms with Gasteiger partial charge in [0.2, 0.25) is 0 Å². The van der Waals surface area contributed by atoms with Gasteiger partial charge in [0.15, 0.2) is 0 Å². The second-order valence-electron chi connectivity index (χ2n) is 1.96. The topological polar surface area (TPSA) is 75.7 Å². The minimum atomic E-state index is -0.0227. The number of rotatable bonds is 1. The molecule has 0 aromatic carbocycles. The van der Waals surface area contributed by atoms with Gasteiger partial charge in [0.25, 0.3) is 0 Å². The number of hydrogen-bond donors (Lipinski definition) is 2. The van der Waals surface area contributed by atoms with Crippen LogP contribution in [0.1, 0.15) is 11.4 Å². The van der Waals surface area contributed by atoms with Crippen LogP contribution in [0.3, 0.4) is 0 Å². The summed E-state index contributed by atoms with van der Waals surface area (Å²) in [6.07, 6.45) is 1.39. The van der Waals surface area contributed by atoms with E-state index in [1.807, 2.05) is 6.92 Å². The van der Waals surface area contributed by atoms with E-state index in [4.69, 9.17) is 11.1 Å². The zero-order chi connectivity index (χ0) is 7.56. The van der Waals surface area contributed by atoms with Gasteiger partial charge < -0.3 is 5.73 Å². The molecule has 3 N–H and O–H groups in total. The quantitative estimate of drug-likeness (QED) is 0.423. The molecule has 0 saturated carbocycles. The lowest BCUT2D eigenvalue weighted by Gasteiger charge is -1.95. The third-order valence-corrected chi connectivity index (χ3v) is 1.08. The molecule has 0 unspecified atom stereocenters. The zero-order valence-corrected chi connectivity index (χ0v) is 5.63. The van der Waals surface area contributed by atoms with E-state index in [-0.39, 0.29) is 5.84 Å². The molecule has 0 saturated heterocycles. The molecule has 0 spiro atoms. The van der Waals surface area contributed by atoms with Crippen LogP contribution in [0.25, 0.3) is 0 Å². The van der Waals surface area contributed by atoms with E-state index in [2.05, 4.69) is 9.97 Å². The lowest BCUT2D eigenvalue weighted by molar-refractivity contribution is 1.08. The summed E-state index contributed by atoms with van der Waals surface area (Å²) >= 11 is 0. The van der Waals surface area contributed by atoms with Crippen molar-refractivity contribution in [1.82, 2.24) is 9.97 Å². The molecule has 4 heteroatoms. The van der Waals surface area contributed by atoms with E-state index in [9.17, 15) is 0 Å². The number of aryl methyl sites for hydroxylation is 1. The molecular formula is C6H8N4. The van der Waals surface area contributed by atoms with Crippen molar-refractivity contribution in [1.29, 1.82) is 5.41 Å². The summed E-state index contributed by atoms with van der Waals surface area (Å²) in [4.78, 5) is 7.64. The van der Waals surface area contributed by atoms with E-state index >= 15 is 0 Å². The number of nitrogens with one attached hydrogen (secondary N) is 1. The predicted molar refractivity (Wildman–Crippen MR) is 37.8 cm³/mol. The average Bonchev–Trinajstić information content (AvgIpc) is 1.88. The monoisotopic (exact) mass is 136 g/mol. The highest BCUT2D eigenvalue weighted by Crippen LogP contribution is 1.93. The fourth-order valence-electron chi connectivity index (χ4n) is 0.602. The minimum absolute atomic E-state index is 0.0227. The van der Waals surface area contributed by atoms with E-state index in [0.717, 1.165) is 5.69 Å². The lowest BCUT2D eigenvalue weighted by Crippen LogP contribution is -2.13. The fourth-order valence-corrected chi connectivity index (χ4v) is 0.602. The number of aromatic nitrogens is 2. The van der Waals surface area contributed by atoms with Gasteiger partial charge in [-0.15, -0.1) is 0 Å². The van der Waals surface area contributed by atoms with Crippen LogP contribution < -0.4 is 5.73 Å². The standard InChI is InChI=1S/C6H8N4/c1-4-2-5(6(7)8)10-3-9-4/h2-3H,1H3,(H3,7,8). The molecule has 0 fully saturated rings. The van der Waals surface area contributed by atoms with Gasteiger partial charge in [0, 0.05) is 5.69 Å². The fraction of sp³-hybridized carbons (Fsp3) is 0.167. The van der Waals surface area contributed by atoms with Crippen LogP contribution in [0.4, 0.5) is 0 Å². The van der Waals surface area contributed by atoms with Gasteiger partial charge in [-0.2, -0.15) is 0 Å². The molecule has 0 radical (unpaired) electrons. The Hall–Kier alpha value is -1.45. The summed E-state index contributed by atoms with van der Waals surface area (Å²) in [5.41, 5.74) is 6.47. The third-order valence-electron chi connectivity index (χ3n) is 1.08. The molecule has 0 bridgehead atoms. The van der Waals surface area contributed by atoms with E-state index in [1.165, 1.54) is 6.33 Å². The summed E-state index contributed by atoms with van der Waals surface area (Å²) in [7, 11) is 0. The molecule has 1 aromatic rings. The molecule has 4 nitrogen and oxygen atoms in total. The smallest absolute Gasteiger partial charge is 0.141 e. The predicted octanol–water partition coefficient (Wildman–Crippen LogP) is 0.0691. The van der Waals surface area contributed by atoms with Gasteiger partial charge in [-0.3, -0.25) is 5.41 Å². The highest BCUT2D eigenvalue weighted by atomic mass is 14.9. The molecule has 52 valence electrons. The van der Waals surface area contributed by atoms with Crippen molar-refractivity contribution >= 4 is 5.84 Å². The Morgan fingerprint density at radius 3 is 2.70 bits per heavy atom. The zero-order valence-electron chi connectivity index (χ0n) is 5.63. The van der Waals surface area contributed by atoms with E-state index in [0.29, 0.717) is 5.69 Å². The van der Waals surface area contributed by atoms with Crippen LogP contribution in [0.15, 0.2) is 12.4 Å². The first-order valence-electron chi connectivity index (χ1n) is 2.83. The molecule has 1 aromatic heterocycles. The normalized spacial score (nSPS) is 9.30. The number of amidine groups is 1. The number of nitrogens with zero attached hydrogens (tertiary/aromatic N) is 2. The van der Waals surface area contributed by atoms with Crippen LogP contribution in [0.2, 0.25) is 0 Å². The Bertz CT molecular complexity index is 256. The Morgan fingerprint density at radius 1 is 1.60 bits per heavy atom. The van der Waals surface area contributed by atoms with Crippen LogP contribution in [0, 0.1) is 12.3 Å². The maximum absolute atomic E-state index is 7.02. The van der Waals surface area contributed by atoms with Gasteiger partial charge >= 0.3 is 0 Å². The van der Waals surface area contributed by atoms with Gasteiger partial charge in [0.05, 0.1) is 0 Å². The average molecular weight is 136 g/mol. The highest BCUT2D eigenvalue weighted by molar-refractivity contribution is 5.92. The second-order valence-corrected chi connectivity index (χ2v) is 1.96. The summed E-state index contributed by atoms with van der Waals surface area (Å²) in [5, 5.41) is 7.02. The largest absolute Gasteiger partial charge is 0.382 e.